The Morgan fingerprint density at radius 2 is 0.808 bits per heavy atom. The molecular formula is C20H48N6. The summed E-state index contributed by atoms with van der Waals surface area (Å²) in [6, 6.07) is 0. The smallest absolute Gasteiger partial charge is 0.0261 e. The summed E-state index contributed by atoms with van der Waals surface area (Å²) in [6.45, 7) is 21.8. The number of hydrazine groups is 1. The van der Waals surface area contributed by atoms with Crippen LogP contribution in [0.15, 0.2) is 0 Å². The average Bonchev–Trinajstić information content (AvgIpc) is 2.67. The van der Waals surface area contributed by atoms with Crippen LogP contribution in [0.4, 0.5) is 0 Å². The predicted molar refractivity (Wildman–Crippen MR) is 115 cm³/mol. The number of nitrogens with zero attached hydrogens (tertiary/aromatic N) is 4. The molecule has 6 heteroatoms. The van der Waals surface area contributed by atoms with E-state index in [2.05, 4.69) is 47.5 Å². The second kappa shape index (κ2) is 18.1. The van der Waals surface area contributed by atoms with Crippen molar-refractivity contribution in [3.8, 4) is 0 Å². The van der Waals surface area contributed by atoms with E-state index in [0.29, 0.717) is 0 Å². The first-order chi connectivity index (χ1) is 12.7. The molecule has 0 amide bonds. The molecule has 0 aliphatic heterocycles. The van der Waals surface area contributed by atoms with Crippen molar-refractivity contribution in [3.05, 3.63) is 0 Å². The van der Waals surface area contributed by atoms with Gasteiger partial charge < -0.3 is 21.3 Å². The lowest BCUT2D eigenvalue weighted by molar-refractivity contribution is -0.0379. The van der Waals surface area contributed by atoms with Gasteiger partial charge in [0.1, 0.15) is 0 Å². The summed E-state index contributed by atoms with van der Waals surface area (Å²) in [4.78, 5) is 5.02. The molecule has 0 aromatic heterocycles. The minimum Gasteiger partial charge on any atom is -0.330 e. The predicted octanol–water partition coefficient (Wildman–Crippen LogP) is 1.67. The minimum absolute atomic E-state index is 0.788. The third kappa shape index (κ3) is 12.2. The maximum absolute atomic E-state index is 5.73. The van der Waals surface area contributed by atoms with E-state index in [1.54, 1.807) is 0 Å². The van der Waals surface area contributed by atoms with Crippen LogP contribution in [0, 0.1) is 0 Å². The van der Waals surface area contributed by atoms with Crippen molar-refractivity contribution in [1.82, 2.24) is 19.8 Å². The first-order valence-corrected chi connectivity index (χ1v) is 11.0. The van der Waals surface area contributed by atoms with Gasteiger partial charge in [0.25, 0.3) is 0 Å². The highest BCUT2D eigenvalue weighted by molar-refractivity contribution is 4.66. The van der Waals surface area contributed by atoms with Crippen molar-refractivity contribution in [3.63, 3.8) is 0 Å². The molecule has 0 radical (unpaired) electrons. The number of likely N-dealkylation sites (N-methyl/N-ethyl adjacent to an activating group) is 2. The van der Waals surface area contributed by atoms with Gasteiger partial charge >= 0.3 is 0 Å². The summed E-state index contributed by atoms with van der Waals surface area (Å²) in [5.41, 5.74) is 11.5. The molecule has 0 bridgehead atoms. The van der Waals surface area contributed by atoms with Crippen molar-refractivity contribution < 1.29 is 0 Å². The Morgan fingerprint density at radius 3 is 1.08 bits per heavy atom. The molecule has 0 rings (SSSR count). The Bertz CT molecular complexity index is 253. The molecule has 26 heavy (non-hydrogen) atoms. The Labute approximate surface area is 163 Å². The first-order valence-electron chi connectivity index (χ1n) is 11.0. The molecular weight excluding hydrogens is 324 g/mol. The van der Waals surface area contributed by atoms with Gasteiger partial charge in [-0.25, -0.2) is 10.0 Å². The molecule has 0 aromatic carbocycles. The second-order valence-electron chi connectivity index (χ2n) is 6.95. The fourth-order valence-corrected chi connectivity index (χ4v) is 3.26. The third-order valence-corrected chi connectivity index (χ3v) is 5.28. The fourth-order valence-electron chi connectivity index (χ4n) is 3.26. The van der Waals surface area contributed by atoms with E-state index in [-0.39, 0.29) is 0 Å². The molecule has 0 unspecified atom stereocenters. The lowest BCUT2D eigenvalue weighted by Crippen LogP contribution is -2.50. The van der Waals surface area contributed by atoms with Crippen LogP contribution in [0.5, 0.6) is 0 Å². The molecule has 0 saturated heterocycles. The molecule has 0 atom stereocenters. The SMILES string of the molecule is CCN(CC)CCN(CCCCN)N(CCCCN)CCN(CC)CC. The largest absolute Gasteiger partial charge is 0.330 e. The maximum Gasteiger partial charge on any atom is 0.0261 e. The molecule has 0 saturated carbocycles. The summed E-state index contributed by atoms with van der Waals surface area (Å²) in [7, 11) is 0. The number of unbranched alkanes of at least 4 members (excludes halogenated alkanes) is 2. The minimum atomic E-state index is 0.788. The summed E-state index contributed by atoms with van der Waals surface area (Å²) in [5.74, 6) is 0. The van der Waals surface area contributed by atoms with E-state index in [9.17, 15) is 0 Å². The first kappa shape index (κ1) is 25.8. The molecule has 0 aliphatic carbocycles. The van der Waals surface area contributed by atoms with Crippen molar-refractivity contribution in [1.29, 1.82) is 0 Å². The van der Waals surface area contributed by atoms with Gasteiger partial charge in [-0.2, -0.15) is 0 Å². The standard InChI is InChI=1S/C20H48N6/c1-5-23(6-2)17-19-25(15-11-9-13-21)26(16-12-10-14-22)20-18-24(7-3)8-4/h5-22H2,1-4H3. The van der Waals surface area contributed by atoms with E-state index in [0.717, 1.165) is 91.4 Å². The number of hydrogen-bond acceptors (Lipinski definition) is 6. The van der Waals surface area contributed by atoms with Gasteiger partial charge in [0.15, 0.2) is 0 Å². The number of hydrogen-bond donors (Lipinski definition) is 2. The Morgan fingerprint density at radius 1 is 0.462 bits per heavy atom. The summed E-state index contributed by atoms with van der Waals surface area (Å²) in [6.07, 6.45) is 4.56. The van der Waals surface area contributed by atoms with Crippen LogP contribution in [0.1, 0.15) is 53.4 Å². The second-order valence-corrected chi connectivity index (χ2v) is 6.95. The van der Waals surface area contributed by atoms with Crippen molar-refractivity contribution in [2.45, 2.75) is 53.4 Å². The lowest BCUT2D eigenvalue weighted by Gasteiger charge is -2.37. The van der Waals surface area contributed by atoms with Crippen LogP contribution >= 0.6 is 0 Å². The molecule has 4 N–H and O–H groups in total. The summed E-state index contributed by atoms with van der Waals surface area (Å²) >= 11 is 0. The molecule has 0 heterocycles. The van der Waals surface area contributed by atoms with E-state index >= 15 is 0 Å². The fraction of sp³-hybridized carbons (Fsp3) is 1.00. The van der Waals surface area contributed by atoms with E-state index in [1.165, 1.54) is 12.8 Å². The molecule has 0 aromatic rings. The average molecular weight is 373 g/mol. The highest BCUT2D eigenvalue weighted by Crippen LogP contribution is 2.06. The third-order valence-electron chi connectivity index (χ3n) is 5.28. The topological polar surface area (TPSA) is 65.0 Å². The van der Waals surface area contributed by atoms with Gasteiger partial charge in [-0.05, 0) is 65.0 Å². The molecule has 158 valence electrons. The number of nitrogens with two attached hydrogens (primary N) is 2. The van der Waals surface area contributed by atoms with E-state index in [4.69, 9.17) is 11.5 Å². The van der Waals surface area contributed by atoms with Crippen LogP contribution in [0.2, 0.25) is 0 Å². The maximum atomic E-state index is 5.73. The summed E-state index contributed by atoms with van der Waals surface area (Å²) < 4.78 is 0. The van der Waals surface area contributed by atoms with Crippen LogP contribution in [0.3, 0.4) is 0 Å². The van der Waals surface area contributed by atoms with Gasteiger partial charge in [0.2, 0.25) is 0 Å². The molecule has 0 fully saturated rings. The van der Waals surface area contributed by atoms with Crippen LogP contribution in [-0.2, 0) is 0 Å². The molecule has 6 nitrogen and oxygen atoms in total. The Balaban J connectivity index is 4.86. The quantitative estimate of drug-likeness (QED) is 0.266. The zero-order valence-corrected chi connectivity index (χ0v) is 18.3. The van der Waals surface area contributed by atoms with Crippen LogP contribution < -0.4 is 11.5 Å². The lowest BCUT2D eigenvalue weighted by atomic mass is 10.3. The zero-order valence-electron chi connectivity index (χ0n) is 18.3. The van der Waals surface area contributed by atoms with Crippen LogP contribution in [-0.4, -0.2) is 98.4 Å². The van der Waals surface area contributed by atoms with Crippen LogP contribution in [0.25, 0.3) is 0 Å². The Hall–Kier alpha value is -0.240. The van der Waals surface area contributed by atoms with Gasteiger partial charge in [-0.1, -0.05) is 27.7 Å². The van der Waals surface area contributed by atoms with Crippen molar-refractivity contribution in [2.24, 2.45) is 11.5 Å². The highest BCUT2D eigenvalue weighted by atomic mass is 15.6. The normalized spacial score (nSPS) is 12.2. The Kier molecular flexibility index (Phi) is 18.0. The van der Waals surface area contributed by atoms with Gasteiger partial charge in [0.05, 0.1) is 0 Å². The van der Waals surface area contributed by atoms with Gasteiger partial charge in [-0.3, -0.25) is 0 Å². The monoisotopic (exact) mass is 372 g/mol. The zero-order chi connectivity index (χ0) is 19.6. The summed E-state index contributed by atoms with van der Waals surface area (Å²) in [5, 5.41) is 5.18. The van der Waals surface area contributed by atoms with E-state index in [1.807, 2.05) is 0 Å². The van der Waals surface area contributed by atoms with E-state index < -0.39 is 0 Å². The number of rotatable bonds is 19. The van der Waals surface area contributed by atoms with Crippen molar-refractivity contribution >= 4 is 0 Å². The van der Waals surface area contributed by atoms with Gasteiger partial charge in [0, 0.05) is 39.3 Å². The van der Waals surface area contributed by atoms with Crippen molar-refractivity contribution in [2.75, 3.05) is 78.5 Å². The highest BCUT2D eigenvalue weighted by Gasteiger charge is 2.16. The molecule has 0 aliphatic rings. The van der Waals surface area contributed by atoms with Gasteiger partial charge in [-0.15, -0.1) is 0 Å². The molecule has 0 spiro atoms.